The highest BCUT2D eigenvalue weighted by atomic mass is 35.5. The van der Waals surface area contributed by atoms with Crippen LogP contribution in [0.5, 0.6) is 0 Å². The van der Waals surface area contributed by atoms with E-state index >= 15 is 0 Å². The first kappa shape index (κ1) is 18.4. The number of hydrogen-bond donors (Lipinski definition) is 0. The second-order valence-corrected chi connectivity index (χ2v) is 8.92. The third kappa shape index (κ3) is 4.23. The molecule has 0 bridgehead atoms. The Balaban J connectivity index is 1.67. The number of sulfonamides is 1. The van der Waals surface area contributed by atoms with Crippen LogP contribution >= 0.6 is 11.6 Å². The predicted octanol–water partition coefficient (Wildman–Crippen LogP) is 3.46. The third-order valence-electron chi connectivity index (χ3n) is 4.53. The van der Waals surface area contributed by atoms with Gasteiger partial charge in [-0.25, -0.2) is 8.42 Å². The molecule has 0 saturated carbocycles. The van der Waals surface area contributed by atoms with E-state index in [0.717, 1.165) is 25.2 Å². The maximum Gasteiger partial charge on any atom is 0.244 e. The summed E-state index contributed by atoms with van der Waals surface area (Å²) in [6, 6.07) is 13.5. The van der Waals surface area contributed by atoms with Gasteiger partial charge in [-0.1, -0.05) is 47.5 Å². The van der Waals surface area contributed by atoms with Crippen LogP contribution in [0.1, 0.15) is 16.7 Å². The van der Waals surface area contributed by atoms with E-state index in [1.54, 1.807) is 18.2 Å². The van der Waals surface area contributed by atoms with Crippen molar-refractivity contribution in [3.63, 3.8) is 0 Å². The molecule has 0 aromatic heterocycles. The molecule has 2 aromatic rings. The summed E-state index contributed by atoms with van der Waals surface area (Å²) in [5.41, 5.74) is 3.46. The molecular weight excluding hydrogens is 356 g/mol. The number of rotatable bonds is 4. The van der Waals surface area contributed by atoms with Gasteiger partial charge in [0, 0.05) is 32.7 Å². The highest BCUT2D eigenvalue weighted by Gasteiger charge is 2.30. The van der Waals surface area contributed by atoms with Crippen molar-refractivity contribution in [3.8, 4) is 0 Å². The van der Waals surface area contributed by atoms with E-state index in [9.17, 15) is 8.42 Å². The van der Waals surface area contributed by atoms with Gasteiger partial charge in [-0.15, -0.1) is 0 Å². The van der Waals surface area contributed by atoms with Crippen molar-refractivity contribution in [1.82, 2.24) is 9.21 Å². The van der Waals surface area contributed by atoms with Crippen LogP contribution in [-0.2, 0) is 16.6 Å². The van der Waals surface area contributed by atoms with Crippen LogP contribution in [0.15, 0.2) is 47.4 Å². The average molecular weight is 379 g/mol. The zero-order valence-corrected chi connectivity index (χ0v) is 16.1. The zero-order chi connectivity index (χ0) is 18.0. The van der Waals surface area contributed by atoms with Crippen LogP contribution in [0.25, 0.3) is 0 Å². The number of nitrogens with zero attached hydrogens (tertiary/aromatic N) is 2. The van der Waals surface area contributed by atoms with E-state index in [1.807, 2.05) is 6.92 Å². The van der Waals surface area contributed by atoms with E-state index in [1.165, 1.54) is 15.4 Å². The minimum absolute atomic E-state index is 0.201. The average Bonchev–Trinajstić information content (AvgIpc) is 2.55. The second-order valence-electron chi connectivity index (χ2n) is 6.60. The van der Waals surface area contributed by atoms with Gasteiger partial charge in [0.1, 0.15) is 4.90 Å². The second kappa shape index (κ2) is 7.46. The summed E-state index contributed by atoms with van der Waals surface area (Å²) in [5, 5.41) is 0.294. The number of halogens is 1. The largest absolute Gasteiger partial charge is 0.296 e. The number of benzene rings is 2. The Morgan fingerprint density at radius 2 is 1.64 bits per heavy atom. The van der Waals surface area contributed by atoms with Crippen molar-refractivity contribution in [1.29, 1.82) is 0 Å². The van der Waals surface area contributed by atoms with E-state index in [-0.39, 0.29) is 4.90 Å². The van der Waals surface area contributed by atoms with Crippen molar-refractivity contribution in [2.24, 2.45) is 0 Å². The molecule has 1 heterocycles. The molecule has 0 unspecified atom stereocenters. The number of hydrogen-bond acceptors (Lipinski definition) is 3. The minimum atomic E-state index is -3.54. The molecule has 1 aliphatic heterocycles. The fraction of sp³-hybridized carbons (Fsp3) is 0.368. The molecule has 0 radical (unpaired) electrons. The van der Waals surface area contributed by atoms with Crippen LogP contribution in [-0.4, -0.2) is 43.8 Å². The monoisotopic (exact) mass is 378 g/mol. The van der Waals surface area contributed by atoms with Crippen molar-refractivity contribution in [2.75, 3.05) is 26.2 Å². The smallest absolute Gasteiger partial charge is 0.244 e. The predicted molar refractivity (Wildman–Crippen MR) is 101 cm³/mol. The Bertz CT molecular complexity index is 859. The fourth-order valence-electron chi connectivity index (χ4n) is 3.15. The maximum absolute atomic E-state index is 12.9. The van der Waals surface area contributed by atoms with Gasteiger partial charge in [0.05, 0.1) is 5.02 Å². The highest BCUT2D eigenvalue weighted by Crippen LogP contribution is 2.26. The minimum Gasteiger partial charge on any atom is -0.296 e. The topological polar surface area (TPSA) is 40.6 Å². The molecule has 0 spiro atoms. The highest BCUT2D eigenvalue weighted by molar-refractivity contribution is 7.89. The maximum atomic E-state index is 12.9. The van der Waals surface area contributed by atoms with Gasteiger partial charge in [-0.3, -0.25) is 4.90 Å². The molecule has 0 amide bonds. The Morgan fingerprint density at radius 3 is 2.28 bits per heavy atom. The number of piperazine rings is 1. The Kier molecular flexibility index (Phi) is 5.49. The summed E-state index contributed by atoms with van der Waals surface area (Å²) in [6.07, 6.45) is 0. The summed E-state index contributed by atoms with van der Waals surface area (Å²) >= 11 is 6.17. The molecular formula is C19H23ClN2O2S. The molecule has 134 valence electrons. The molecule has 2 aromatic carbocycles. The first-order valence-electron chi connectivity index (χ1n) is 8.40. The van der Waals surface area contributed by atoms with Gasteiger partial charge in [0.15, 0.2) is 0 Å². The van der Waals surface area contributed by atoms with Crippen LogP contribution in [0.2, 0.25) is 5.02 Å². The number of aryl methyl sites for hydroxylation is 2. The normalized spacial score (nSPS) is 16.9. The molecule has 0 aliphatic carbocycles. The standard InChI is InChI=1S/C19H23ClN2O2S/c1-15-4-3-5-17(12-15)14-21-8-10-22(11-9-21)25(23,24)19-7-6-16(2)13-18(19)20/h3-7,12-13H,8-11,14H2,1-2H3. The van der Waals surface area contributed by atoms with Gasteiger partial charge in [0.25, 0.3) is 0 Å². The van der Waals surface area contributed by atoms with Crippen LogP contribution < -0.4 is 0 Å². The molecule has 1 aliphatic rings. The SMILES string of the molecule is Cc1cccc(CN2CCN(S(=O)(=O)c3ccc(C)cc3Cl)CC2)c1. The summed E-state index contributed by atoms with van der Waals surface area (Å²) < 4.78 is 27.2. The van der Waals surface area contributed by atoms with Gasteiger partial charge in [-0.05, 0) is 37.1 Å². The summed E-state index contributed by atoms with van der Waals surface area (Å²) in [6.45, 7) is 7.23. The quantitative estimate of drug-likeness (QED) is 0.818. The van der Waals surface area contributed by atoms with Crippen molar-refractivity contribution >= 4 is 21.6 Å². The third-order valence-corrected chi connectivity index (χ3v) is 6.91. The first-order chi connectivity index (χ1) is 11.9. The van der Waals surface area contributed by atoms with E-state index in [0.29, 0.717) is 18.1 Å². The van der Waals surface area contributed by atoms with Crippen LogP contribution in [0, 0.1) is 13.8 Å². The van der Waals surface area contributed by atoms with Crippen molar-refractivity contribution in [3.05, 3.63) is 64.2 Å². The lowest BCUT2D eigenvalue weighted by Crippen LogP contribution is -2.48. The molecule has 3 rings (SSSR count). The summed E-state index contributed by atoms with van der Waals surface area (Å²) in [5.74, 6) is 0. The lowest BCUT2D eigenvalue weighted by atomic mass is 10.1. The lowest BCUT2D eigenvalue weighted by Gasteiger charge is -2.34. The van der Waals surface area contributed by atoms with Gasteiger partial charge in [0.2, 0.25) is 10.0 Å². The van der Waals surface area contributed by atoms with E-state index in [2.05, 4.69) is 36.1 Å². The van der Waals surface area contributed by atoms with Gasteiger partial charge in [-0.2, -0.15) is 4.31 Å². The molecule has 4 nitrogen and oxygen atoms in total. The molecule has 1 saturated heterocycles. The molecule has 6 heteroatoms. The molecule has 1 fully saturated rings. The van der Waals surface area contributed by atoms with Gasteiger partial charge >= 0.3 is 0 Å². The van der Waals surface area contributed by atoms with Crippen molar-refractivity contribution in [2.45, 2.75) is 25.3 Å². The summed E-state index contributed by atoms with van der Waals surface area (Å²) in [4.78, 5) is 2.49. The Labute approximate surface area is 155 Å². The van der Waals surface area contributed by atoms with Crippen molar-refractivity contribution < 1.29 is 8.42 Å². The first-order valence-corrected chi connectivity index (χ1v) is 10.2. The van der Waals surface area contributed by atoms with Gasteiger partial charge < -0.3 is 0 Å². The summed E-state index contributed by atoms with van der Waals surface area (Å²) in [7, 11) is -3.54. The molecule has 25 heavy (non-hydrogen) atoms. The van der Waals surface area contributed by atoms with E-state index in [4.69, 9.17) is 11.6 Å². The van der Waals surface area contributed by atoms with E-state index < -0.39 is 10.0 Å². The molecule has 0 N–H and O–H groups in total. The van der Waals surface area contributed by atoms with Crippen LogP contribution in [0.3, 0.4) is 0 Å². The lowest BCUT2D eigenvalue weighted by molar-refractivity contribution is 0.181. The van der Waals surface area contributed by atoms with Crippen LogP contribution in [0.4, 0.5) is 0 Å². The Hall–Kier alpha value is -1.40. The Morgan fingerprint density at radius 1 is 0.960 bits per heavy atom. The molecule has 0 atom stereocenters. The zero-order valence-electron chi connectivity index (χ0n) is 14.6. The fourth-order valence-corrected chi connectivity index (χ4v) is 5.15.